The molecule has 2 aliphatic rings. The normalized spacial score (nSPS) is 22.1. The van der Waals surface area contributed by atoms with E-state index in [4.69, 9.17) is 0 Å². The molecule has 1 fully saturated rings. The number of fused-ring (bicyclic) bond motifs is 1. The van der Waals surface area contributed by atoms with Gasteiger partial charge in [0.1, 0.15) is 10.6 Å². The number of rotatable bonds is 4. The third kappa shape index (κ3) is 3.32. The number of carbonyl (C=O) groups is 1. The Morgan fingerprint density at radius 3 is 2.71 bits per heavy atom. The van der Waals surface area contributed by atoms with E-state index in [1.54, 1.807) is 11.6 Å². The Kier molecular flexibility index (Phi) is 4.95. The number of sulfonamides is 1. The smallest absolute Gasteiger partial charge is 0.268 e. The molecule has 1 saturated carbocycles. The van der Waals surface area contributed by atoms with Crippen molar-refractivity contribution in [2.45, 2.75) is 50.0 Å². The van der Waals surface area contributed by atoms with Crippen LogP contribution in [-0.4, -0.2) is 31.5 Å². The summed E-state index contributed by atoms with van der Waals surface area (Å²) in [5.41, 5.74) is 2.14. The summed E-state index contributed by atoms with van der Waals surface area (Å²) in [6, 6.07) is 9.22. The monoisotopic (exact) mass is 401 g/mol. The van der Waals surface area contributed by atoms with Gasteiger partial charge in [-0.25, -0.2) is 8.42 Å². The Bertz CT molecular complexity index is 996. The predicted molar refractivity (Wildman–Crippen MR) is 109 cm³/mol. The summed E-state index contributed by atoms with van der Waals surface area (Å²) in [7, 11) is -1.98. The number of anilines is 1. The zero-order valence-electron chi connectivity index (χ0n) is 16.4. The molecule has 1 aliphatic carbocycles. The van der Waals surface area contributed by atoms with E-state index in [1.165, 1.54) is 23.0 Å². The van der Waals surface area contributed by atoms with Gasteiger partial charge in [0.05, 0.1) is 5.69 Å². The fourth-order valence-electron chi connectivity index (χ4n) is 4.36. The molecule has 2 heterocycles. The summed E-state index contributed by atoms with van der Waals surface area (Å²) in [6.45, 7) is 2.59. The van der Waals surface area contributed by atoms with Gasteiger partial charge in [-0.05, 0) is 42.9 Å². The van der Waals surface area contributed by atoms with E-state index in [1.807, 2.05) is 24.3 Å². The van der Waals surface area contributed by atoms with Crippen LogP contribution in [0.1, 0.15) is 48.7 Å². The SMILES string of the molecule is CC1CCCCC1NC(=O)c1cc(S(=O)(=O)N2CCc3ccccc32)cn1C. The molecule has 150 valence electrons. The van der Waals surface area contributed by atoms with Crippen LogP contribution in [0.5, 0.6) is 0 Å². The van der Waals surface area contributed by atoms with Gasteiger partial charge in [0.15, 0.2) is 0 Å². The highest BCUT2D eigenvalue weighted by Gasteiger charge is 2.32. The van der Waals surface area contributed by atoms with Crippen molar-refractivity contribution in [3.8, 4) is 0 Å². The zero-order valence-corrected chi connectivity index (χ0v) is 17.2. The maximum atomic E-state index is 13.2. The summed E-state index contributed by atoms with van der Waals surface area (Å²) in [4.78, 5) is 13.0. The lowest BCUT2D eigenvalue weighted by molar-refractivity contribution is 0.0902. The number of para-hydroxylation sites is 1. The second kappa shape index (κ2) is 7.28. The van der Waals surface area contributed by atoms with Gasteiger partial charge in [0.2, 0.25) is 0 Å². The van der Waals surface area contributed by atoms with E-state index < -0.39 is 10.0 Å². The molecule has 1 aromatic carbocycles. The predicted octanol–water partition coefficient (Wildman–Crippen LogP) is 3.09. The summed E-state index contributed by atoms with van der Waals surface area (Å²) in [5, 5.41) is 3.11. The lowest BCUT2D eigenvalue weighted by Crippen LogP contribution is -2.41. The van der Waals surface area contributed by atoms with Gasteiger partial charge in [-0.2, -0.15) is 0 Å². The molecular weight excluding hydrogens is 374 g/mol. The van der Waals surface area contributed by atoms with E-state index in [0.29, 0.717) is 24.6 Å². The number of carbonyl (C=O) groups excluding carboxylic acids is 1. The Labute approximate surface area is 166 Å². The standard InChI is InChI=1S/C21H27N3O3S/c1-15-7-3-5-9-18(15)22-21(25)20-13-17(14-23(20)2)28(26,27)24-12-11-16-8-4-6-10-19(16)24/h4,6,8,10,13-15,18H,3,5,7,9,11-12H2,1-2H3,(H,22,25). The number of nitrogens with one attached hydrogen (secondary N) is 1. The Morgan fingerprint density at radius 2 is 1.93 bits per heavy atom. The molecule has 2 atom stereocenters. The van der Waals surface area contributed by atoms with Crippen molar-refractivity contribution in [1.82, 2.24) is 9.88 Å². The maximum Gasteiger partial charge on any atom is 0.268 e. The highest BCUT2D eigenvalue weighted by atomic mass is 32.2. The Balaban J connectivity index is 1.58. The van der Waals surface area contributed by atoms with Gasteiger partial charge in [0, 0.05) is 25.8 Å². The molecule has 6 nitrogen and oxygen atoms in total. The highest BCUT2D eigenvalue weighted by Crippen LogP contribution is 2.33. The van der Waals surface area contributed by atoms with E-state index in [0.717, 1.165) is 30.5 Å². The molecule has 2 unspecified atom stereocenters. The summed E-state index contributed by atoms with van der Waals surface area (Å²) < 4.78 is 29.5. The first-order chi connectivity index (χ1) is 13.4. The fourth-order valence-corrected chi connectivity index (χ4v) is 5.93. The van der Waals surface area contributed by atoms with Gasteiger partial charge in [-0.1, -0.05) is 38.0 Å². The third-order valence-electron chi connectivity index (χ3n) is 6.07. The molecule has 1 aromatic heterocycles. The van der Waals surface area contributed by atoms with Crippen LogP contribution in [0, 0.1) is 5.92 Å². The minimum Gasteiger partial charge on any atom is -0.348 e. The third-order valence-corrected chi connectivity index (χ3v) is 7.85. The largest absolute Gasteiger partial charge is 0.348 e. The van der Waals surface area contributed by atoms with Crippen LogP contribution in [0.2, 0.25) is 0 Å². The van der Waals surface area contributed by atoms with Crippen LogP contribution >= 0.6 is 0 Å². The number of hydrogen-bond acceptors (Lipinski definition) is 3. The van der Waals surface area contributed by atoms with Gasteiger partial charge in [-0.15, -0.1) is 0 Å². The van der Waals surface area contributed by atoms with Crippen molar-refractivity contribution in [3.05, 3.63) is 47.8 Å². The number of amides is 1. The minimum absolute atomic E-state index is 0.154. The van der Waals surface area contributed by atoms with E-state index in [9.17, 15) is 13.2 Å². The summed E-state index contributed by atoms with van der Waals surface area (Å²) in [6.07, 6.45) is 6.66. The molecule has 4 rings (SSSR count). The average molecular weight is 402 g/mol. The first-order valence-corrected chi connectivity index (χ1v) is 11.4. The van der Waals surface area contributed by atoms with Gasteiger partial charge < -0.3 is 9.88 Å². The van der Waals surface area contributed by atoms with Crippen molar-refractivity contribution in [3.63, 3.8) is 0 Å². The fraction of sp³-hybridized carbons (Fsp3) is 0.476. The van der Waals surface area contributed by atoms with Crippen LogP contribution < -0.4 is 9.62 Å². The van der Waals surface area contributed by atoms with Crippen molar-refractivity contribution in [2.24, 2.45) is 13.0 Å². The second-order valence-electron chi connectivity index (χ2n) is 7.97. The Hall–Kier alpha value is -2.28. The van der Waals surface area contributed by atoms with Crippen LogP contribution in [0.25, 0.3) is 0 Å². The molecular formula is C21H27N3O3S. The lowest BCUT2D eigenvalue weighted by atomic mass is 9.86. The van der Waals surface area contributed by atoms with E-state index >= 15 is 0 Å². The van der Waals surface area contributed by atoms with Crippen LogP contribution in [-0.2, 0) is 23.5 Å². The average Bonchev–Trinajstić information content (AvgIpc) is 3.28. The molecule has 2 aromatic rings. The summed E-state index contributed by atoms with van der Waals surface area (Å²) >= 11 is 0. The quantitative estimate of drug-likeness (QED) is 0.856. The number of nitrogens with zero attached hydrogens (tertiary/aromatic N) is 2. The number of aryl methyl sites for hydroxylation is 1. The molecule has 0 saturated heterocycles. The van der Waals surface area contributed by atoms with Crippen molar-refractivity contribution in [2.75, 3.05) is 10.8 Å². The summed E-state index contributed by atoms with van der Waals surface area (Å²) in [5.74, 6) is 0.242. The molecule has 0 radical (unpaired) electrons. The molecule has 28 heavy (non-hydrogen) atoms. The van der Waals surface area contributed by atoms with Crippen molar-refractivity contribution < 1.29 is 13.2 Å². The second-order valence-corrected chi connectivity index (χ2v) is 9.83. The molecule has 1 amide bonds. The van der Waals surface area contributed by atoms with Gasteiger partial charge >= 0.3 is 0 Å². The van der Waals surface area contributed by atoms with Crippen LogP contribution in [0.3, 0.4) is 0 Å². The first-order valence-electron chi connectivity index (χ1n) is 9.96. The number of hydrogen-bond donors (Lipinski definition) is 1. The Morgan fingerprint density at radius 1 is 1.18 bits per heavy atom. The number of benzene rings is 1. The molecule has 0 bridgehead atoms. The first kappa shape index (κ1) is 19.1. The van der Waals surface area contributed by atoms with E-state index in [2.05, 4.69) is 12.2 Å². The van der Waals surface area contributed by atoms with Gasteiger partial charge in [0.25, 0.3) is 15.9 Å². The van der Waals surface area contributed by atoms with Crippen LogP contribution in [0.15, 0.2) is 41.4 Å². The maximum absolute atomic E-state index is 13.2. The van der Waals surface area contributed by atoms with Gasteiger partial charge in [-0.3, -0.25) is 9.10 Å². The molecule has 1 N–H and O–H groups in total. The lowest BCUT2D eigenvalue weighted by Gasteiger charge is -2.29. The minimum atomic E-state index is -3.70. The number of aromatic nitrogens is 1. The van der Waals surface area contributed by atoms with Crippen molar-refractivity contribution >= 4 is 21.6 Å². The molecule has 1 aliphatic heterocycles. The van der Waals surface area contributed by atoms with E-state index in [-0.39, 0.29) is 16.8 Å². The molecule has 7 heteroatoms. The van der Waals surface area contributed by atoms with Crippen molar-refractivity contribution in [1.29, 1.82) is 0 Å². The van der Waals surface area contributed by atoms with Crippen LogP contribution in [0.4, 0.5) is 5.69 Å². The highest BCUT2D eigenvalue weighted by molar-refractivity contribution is 7.92. The zero-order chi connectivity index (χ0) is 19.9. The topological polar surface area (TPSA) is 71.4 Å². The molecule has 0 spiro atoms.